The lowest BCUT2D eigenvalue weighted by atomic mass is 10.1. The maximum Gasteiger partial charge on any atom is 0.235 e. The highest BCUT2D eigenvalue weighted by Crippen LogP contribution is 2.31. The second-order valence-corrected chi connectivity index (χ2v) is 5.90. The zero-order valence-corrected chi connectivity index (χ0v) is 13.7. The molecule has 118 valence electrons. The number of hydrogen-bond donors (Lipinski definition) is 1. The number of benzene rings is 2. The molecule has 4 nitrogen and oxygen atoms in total. The average Bonchev–Trinajstić information content (AvgIpc) is 2.96. The summed E-state index contributed by atoms with van der Waals surface area (Å²) in [4.78, 5) is 9.11. The van der Waals surface area contributed by atoms with Gasteiger partial charge in [-0.15, -0.1) is 0 Å². The van der Waals surface area contributed by atoms with Crippen LogP contribution in [-0.4, -0.2) is 14.4 Å². The van der Waals surface area contributed by atoms with E-state index in [0.717, 1.165) is 22.8 Å². The van der Waals surface area contributed by atoms with Crippen molar-refractivity contribution in [1.29, 1.82) is 0 Å². The zero-order chi connectivity index (χ0) is 16.5. The Kier molecular flexibility index (Phi) is 3.50. The summed E-state index contributed by atoms with van der Waals surface area (Å²) in [5.74, 6) is 1.61. The first-order valence-electron chi connectivity index (χ1n) is 7.95. The van der Waals surface area contributed by atoms with E-state index in [4.69, 9.17) is 4.98 Å². The van der Waals surface area contributed by atoms with Crippen molar-refractivity contribution in [2.45, 2.75) is 13.8 Å². The van der Waals surface area contributed by atoms with Gasteiger partial charge in [0.15, 0.2) is 0 Å². The lowest BCUT2D eigenvalue weighted by molar-refractivity contribution is 1.11. The van der Waals surface area contributed by atoms with Crippen LogP contribution >= 0.6 is 0 Å². The highest BCUT2D eigenvalue weighted by Gasteiger charge is 2.15. The molecule has 4 heteroatoms. The number of nitrogens with one attached hydrogen (secondary N) is 1. The van der Waals surface area contributed by atoms with Crippen molar-refractivity contribution in [1.82, 2.24) is 14.4 Å². The smallest absolute Gasteiger partial charge is 0.235 e. The van der Waals surface area contributed by atoms with Gasteiger partial charge in [0.2, 0.25) is 5.78 Å². The van der Waals surface area contributed by atoms with Crippen LogP contribution in [0.4, 0.5) is 11.5 Å². The van der Waals surface area contributed by atoms with Crippen molar-refractivity contribution in [3.8, 4) is 11.3 Å². The number of imidazole rings is 1. The Morgan fingerprint density at radius 2 is 1.71 bits per heavy atom. The summed E-state index contributed by atoms with van der Waals surface area (Å²) >= 11 is 0. The van der Waals surface area contributed by atoms with Crippen LogP contribution in [0.5, 0.6) is 0 Å². The largest absolute Gasteiger partial charge is 0.339 e. The van der Waals surface area contributed by atoms with E-state index in [0.29, 0.717) is 5.78 Å². The molecule has 4 aromatic rings. The lowest BCUT2D eigenvalue weighted by Gasteiger charge is -2.11. The second kappa shape index (κ2) is 5.81. The van der Waals surface area contributed by atoms with Gasteiger partial charge in [-0.3, -0.25) is 4.40 Å². The highest BCUT2D eigenvalue weighted by atomic mass is 15.2. The number of rotatable bonds is 3. The normalized spacial score (nSPS) is 10.9. The SMILES string of the molecule is Cc1ccc(-c2nc3ncccn3c2Nc2ccccc2C)cc1. The third-order valence-corrected chi connectivity index (χ3v) is 4.13. The first-order chi connectivity index (χ1) is 11.7. The van der Waals surface area contributed by atoms with Crippen LogP contribution in [0.1, 0.15) is 11.1 Å². The van der Waals surface area contributed by atoms with E-state index in [1.807, 2.05) is 28.8 Å². The molecule has 0 unspecified atom stereocenters. The number of fused-ring (bicyclic) bond motifs is 1. The summed E-state index contributed by atoms with van der Waals surface area (Å²) in [5.41, 5.74) is 5.45. The van der Waals surface area contributed by atoms with Crippen molar-refractivity contribution in [2.24, 2.45) is 0 Å². The minimum absolute atomic E-state index is 0.684. The average molecular weight is 314 g/mol. The fourth-order valence-electron chi connectivity index (χ4n) is 2.76. The van der Waals surface area contributed by atoms with Gasteiger partial charge in [0.25, 0.3) is 0 Å². The predicted molar refractivity (Wildman–Crippen MR) is 97.6 cm³/mol. The van der Waals surface area contributed by atoms with Crippen LogP contribution in [-0.2, 0) is 0 Å². The van der Waals surface area contributed by atoms with E-state index in [2.05, 4.69) is 60.5 Å². The van der Waals surface area contributed by atoms with Crippen LogP contribution in [0.3, 0.4) is 0 Å². The molecular weight excluding hydrogens is 296 g/mol. The molecule has 0 spiro atoms. The second-order valence-electron chi connectivity index (χ2n) is 5.90. The van der Waals surface area contributed by atoms with Gasteiger partial charge in [-0.05, 0) is 31.5 Å². The number of aromatic nitrogens is 3. The van der Waals surface area contributed by atoms with Gasteiger partial charge >= 0.3 is 0 Å². The van der Waals surface area contributed by atoms with E-state index >= 15 is 0 Å². The molecule has 0 aliphatic heterocycles. The number of aryl methyl sites for hydroxylation is 2. The molecule has 0 fully saturated rings. The van der Waals surface area contributed by atoms with Gasteiger partial charge in [0.1, 0.15) is 11.5 Å². The first kappa shape index (κ1) is 14.5. The highest BCUT2D eigenvalue weighted by molar-refractivity contribution is 5.79. The number of hydrogen-bond acceptors (Lipinski definition) is 3. The van der Waals surface area contributed by atoms with Gasteiger partial charge in [-0.2, -0.15) is 0 Å². The maximum absolute atomic E-state index is 4.73. The van der Waals surface area contributed by atoms with Gasteiger partial charge in [0.05, 0.1) is 0 Å². The Bertz CT molecular complexity index is 1000. The van der Waals surface area contributed by atoms with Crippen LogP contribution < -0.4 is 5.32 Å². The fourth-order valence-corrected chi connectivity index (χ4v) is 2.76. The van der Waals surface area contributed by atoms with Crippen molar-refractivity contribution in [2.75, 3.05) is 5.32 Å². The molecular formula is C20H18N4. The minimum Gasteiger partial charge on any atom is -0.339 e. The molecule has 0 saturated carbocycles. The standard InChI is InChI=1S/C20H18N4/c1-14-8-10-16(11-9-14)18-19(22-17-7-4-3-6-15(17)2)24-13-5-12-21-20(24)23-18/h3-13,22H,1-2H3. The van der Waals surface area contributed by atoms with E-state index in [9.17, 15) is 0 Å². The third-order valence-electron chi connectivity index (χ3n) is 4.13. The number of nitrogens with zero attached hydrogens (tertiary/aromatic N) is 3. The molecule has 4 rings (SSSR count). The fraction of sp³-hybridized carbons (Fsp3) is 0.100. The van der Waals surface area contributed by atoms with E-state index < -0.39 is 0 Å². The zero-order valence-electron chi connectivity index (χ0n) is 13.7. The van der Waals surface area contributed by atoms with E-state index in [1.165, 1.54) is 11.1 Å². The van der Waals surface area contributed by atoms with Gasteiger partial charge < -0.3 is 5.32 Å². The molecule has 0 aliphatic carbocycles. The van der Waals surface area contributed by atoms with Crippen LogP contribution in [0.15, 0.2) is 67.0 Å². The molecule has 1 N–H and O–H groups in total. The molecule has 2 heterocycles. The molecule has 0 bridgehead atoms. The lowest BCUT2D eigenvalue weighted by Crippen LogP contribution is -1.98. The Labute approximate surface area is 140 Å². The molecule has 2 aromatic heterocycles. The van der Waals surface area contributed by atoms with Crippen LogP contribution in [0, 0.1) is 13.8 Å². The monoisotopic (exact) mass is 314 g/mol. The van der Waals surface area contributed by atoms with E-state index in [-0.39, 0.29) is 0 Å². The topological polar surface area (TPSA) is 42.2 Å². The molecule has 0 amide bonds. The van der Waals surface area contributed by atoms with Gasteiger partial charge in [0, 0.05) is 23.6 Å². The molecule has 0 radical (unpaired) electrons. The van der Waals surface area contributed by atoms with Crippen molar-refractivity contribution in [3.05, 3.63) is 78.1 Å². The summed E-state index contributed by atoms with van der Waals surface area (Å²) < 4.78 is 1.99. The summed E-state index contributed by atoms with van der Waals surface area (Å²) in [7, 11) is 0. The summed E-state index contributed by atoms with van der Waals surface area (Å²) in [5, 5.41) is 3.54. The predicted octanol–water partition coefficient (Wildman–Crippen LogP) is 4.76. The Balaban J connectivity index is 1.90. The molecule has 24 heavy (non-hydrogen) atoms. The summed E-state index contributed by atoms with van der Waals surface area (Å²) in [6, 6.07) is 18.5. The van der Waals surface area contributed by atoms with E-state index in [1.54, 1.807) is 6.20 Å². The van der Waals surface area contributed by atoms with Crippen molar-refractivity contribution in [3.63, 3.8) is 0 Å². The Hall–Kier alpha value is -3.14. The minimum atomic E-state index is 0.684. The van der Waals surface area contributed by atoms with Crippen LogP contribution in [0.2, 0.25) is 0 Å². The van der Waals surface area contributed by atoms with Gasteiger partial charge in [-0.1, -0.05) is 48.0 Å². The Morgan fingerprint density at radius 3 is 2.50 bits per heavy atom. The summed E-state index contributed by atoms with van der Waals surface area (Å²) in [6.07, 6.45) is 3.74. The Morgan fingerprint density at radius 1 is 0.917 bits per heavy atom. The molecule has 0 atom stereocenters. The number of anilines is 2. The first-order valence-corrected chi connectivity index (χ1v) is 7.95. The molecule has 2 aromatic carbocycles. The van der Waals surface area contributed by atoms with Crippen molar-refractivity contribution >= 4 is 17.3 Å². The van der Waals surface area contributed by atoms with Crippen LogP contribution in [0.25, 0.3) is 17.0 Å². The molecule has 0 aliphatic rings. The summed E-state index contributed by atoms with van der Waals surface area (Å²) in [6.45, 7) is 4.18. The molecule has 0 saturated heterocycles. The number of para-hydroxylation sites is 1. The van der Waals surface area contributed by atoms with Gasteiger partial charge in [-0.25, -0.2) is 9.97 Å². The quantitative estimate of drug-likeness (QED) is 0.593. The maximum atomic E-state index is 4.73. The third kappa shape index (κ3) is 2.52. The van der Waals surface area contributed by atoms with Crippen molar-refractivity contribution < 1.29 is 0 Å².